The van der Waals surface area contributed by atoms with E-state index in [4.69, 9.17) is 5.73 Å². The van der Waals surface area contributed by atoms with E-state index in [1.807, 2.05) is 29.2 Å². The molecule has 1 atom stereocenters. The summed E-state index contributed by atoms with van der Waals surface area (Å²) in [4.78, 5) is 16.3. The summed E-state index contributed by atoms with van der Waals surface area (Å²) in [7, 11) is 2.08. The second-order valence-electron chi connectivity index (χ2n) is 5.14. The van der Waals surface area contributed by atoms with Crippen molar-refractivity contribution < 1.29 is 4.79 Å². The Bertz CT molecular complexity index is 432. The normalized spacial score (nSPS) is 20.4. The van der Waals surface area contributed by atoms with Gasteiger partial charge in [-0.25, -0.2) is 4.79 Å². The average Bonchev–Trinajstić information content (AvgIpc) is 2.39. The molecule has 1 fully saturated rings. The molecule has 0 saturated carbocycles. The number of nitrogens with zero attached hydrogens (tertiary/aromatic N) is 2. The third-order valence-corrected chi connectivity index (χ3v) is 3.53. The quantitative estimate of drug-likeness (QED) is 0.845. The van der Waals surface area contributed by atoms with Gasteiger partial charge in [0.15, 0.2) is 0 Å². The van der Waals surface area contributed by atoms with E-state index in [9.17, 15) is 4.79 Å². The van der Waals surface area contributed by atoms with Gasteiger partial charge < -0.3 is 20.9 Å². The summed E-state index contributed by atoms with van der Waals surface area (Å²) in [5.74, 6) is 0. The Morgan fingerprint density at radius 1 is 1.37 bits per heavy atom. The minimum Gasteiger partial charge on any atom is -0.326 e. The summed E-state index contributed by atoms with van der Waals surface area (Å²) < 4.78 is 0. The van der Waals surface area contributed by atoms with Crippen molar-refractivity contribution in [3.05, 3.63) is 29.8 Å². The highest BCUT2D eigenvalue weighted by Crippen LogP contribution is 2.13. The SMILES string of the molecule is CC1CN(C)CCN1C(=O)Nc1ccc(CN)cc1. The Balaban J connectivity index is 1.96. The van der Waals surface area contributed by atoms with Crippen LogP contribution in [0.5, 0.6) is 0 Å². The zero-order valence-electron chi connectivity index (χ0n) is 11.6. The van der Waals surface area contributed by atoms with E-state index < -0.39 is 0 Å². The number of amides is 2. The van der Waals surface area contributed by atoms with Gasteiger partial charge in [0.25, 0.3) is 0 Å². The van der Waals surface area contributed by atoms with Gasteiger partial charge in [-0.05, 0) is 31.7 Å². The molecule has 0 spiro atoms. The molecule has 5 heteroatoms. The molecule has 0 aromatic heterocycles. The van der Waals surface area contributed by atoms with Crippen LogP contribution >= 0.6 is 0 Å². The molecular weight excluding hydrogens is 240 g/mol. The Kier molecular flexibility index (Phi) is 4.39. The number of nitrogens with two attached hydrogens (primary N) is 1. The minimum atomic E-state index is -0.0268. The number of hydrogen-bond donors (Lipinski definition) is 2. The first-order valence-electron chi connectivity index (χ1n) is 6.65. The third kappa shape index (κ3) is 3.45. The monoisotopic (exact) mass is 262 g/mol. The molecule has 1 heterocycles. The molecule has 1 unspecified atom stereocenters. The van der Waals surface area contributed by atoms with E-state index in [0.717, 1.165) is 30.9 Å². The zero-order chi connectivity index (χ0) is 13.8. The third-order valence-electron chi connectivity index (χ3n) is 3.53. The highest BCUT2D eigenvalue weighted by Gasteiger charge is 2.25. The maximum atomic E-state index is 12.2. The minimum absolute atomic E-state index is 0.0268. The van der Waals surface area contributed by atoms with Gasteiger partial charge in [0, 0.05) is 37.9 Å². The molecule has 1 aliphatic heterocycles. The number of rotatable bonds is 2. The van der Waals surface area contributed by atoms with E-state index in [0.29, 0.717) is 6.54 Å². The molecule has 1 aromatic rings. The van der Waals surface area contributed by atoms with Crippen molar-refractivity contribution in [1.82, 2.24) is 9.80 Å². The highest BCUT2D eigenvalue weighted by atomic mass is 16.2. The number of carbonyl (C=O) groups is 1. The van der Waals surface area contributed by atoms with Gasteiger partial charge in [0.2, 0.25) is 0 Å². The fraction of sp³-hybridized carbons (Fsp3) is 0.500. The maximum absolute atomic E-state index is 12.2. The van der Waals surface area contributed by atoms with Gasteiger partial charge in [-0.1, -0.05) is 12.1 Å². The average molecular weight is 262 g/mol. The summed E-state index contributed by atoms with van der Waals surface area (Å²) in [5, 5.41) is 2.94. The van der Waals surface area contributed by atoms with Crippen molar-refractivity contribution in [2.75, 3.05) is 32.0 Å². The van der Waals surface area contributed by atoms with Gasteiger partial charge in [-0.15, -0.1) is 0 Å². The summed E-state index contributed by atoms with van der Waals surface area (Å²) in [6.45, 7) is 5.20. The van der Waals surface area contributed by atoms with Crippen LogP contribution in [-0.2, 0) is 6.54 Å². The first-order chi connectivity index (χ1) is 9.10. The molecule has 5 nitrogen and oxygen atoms in total. The number of benzene rings is 1. The van der Waals surface area contributed by atoms with Crippen molar-refractivity contribution >= 4 is 11.7 Å². The number of hydrogen-bond acceptors (Lipinski definition) is 3. The Morgan fingerprint density at radius 2 is 2.05 bits per heavy atom. The Morgan fingerprint density at radius 3 is 2.63 bits per heavy atom. The molecule has 104 valence electrons. The van der Waals surface area contributed by atoms with Crippen LogP contribution in [0, 0.1) is 0 Å². The molecule has 0 aliphatic carbocycles. The van der Waals surface area contributed by atoms with Crippen molar-refractivity contribution in [1.29, 1.82) is 0 Å². The first-order valence-corrected chi connectivity index (χ1v) is 6.65. The van der Waals surface area contributed by atoms with Gasteiger partial charge in [-0.2, -0.15) is 0 Å². The van der Waals surface area contributed by atoms with Gasteiger partial charge in [0.1, 0.15) is 0 Å². The van der Waals surface area contributed by atoms with Crippen LogP contribution in [0.15, 0.2) is 24.3 Å². The van der Waals surface area contributed by atoms with Crippen LogP contribution in [0.1, 0.15) is 12.5 Å². The van der Waals surface area contributed by atoms with Gasteiger partial charge in [0.05, 0.1) is 0 Å². The first kappa shape index (κ1) is 13.8. The van der Waals surface area contributed by atoms with Crippen LogP contribution in [0.25, 0.3) is 0 Å². The number of piperazine rings is 1. The number of anilines is 1. The molecule has 1 saturated heterocycles. The van der Waals surface area contributed by atoms with E-state index in [1.54, 1.807) is 0 Å². The number of likely N-dealkylation sites (N-methyl/N-ethyl adjacent to an activating group) is 1. The molecular formula is C14H22N4O. The second-order valence-corrected chi connectivity index (χ2v) is 5.14. The van der Waals surface area contributed by atoms with Gasteiger partial charge >= 0.3 is 6.03 Å². The standard InChI is InChI=1S/C14H22N4O/c1-11-10-17(2)7-8-18(11)14(19)16-13-5-3-12(9-15)4-6-13/h3-6,11H,7-10,15H2,1-2H3,(H,16,19). The fourth-order valence-electron chi connectivity index (χ4n) is 2.36. The lowest BCUT2D eigenvalue weighted by molar-refractivity contribution is 0.125. The Hall–Kier alpha value is -1.59. The van der Waals surface area contributed by atoms with Crippen LogP contribution in [-0.4, -0.2) is 48.6 Å². The highest BCUT2D eigenvalue weighted by molar-refractivity contribution is 5.89. The van der Waals surface area contributed by atoms with Crippen LogP contribution < -0.4 is 11.1 Å². The molecule has 0 radical (unpaired) electrons. The smallest absolute Gasteiger partial charge is 0.322 e. The van der Waals surface area contributed by atoms with E-state index >= 15 is 0 Å². The maximum Gasteiger partial charge on any atom is 0.322 e. The molecule has 19 heavy (non-hydrogen) atoms. The van der Waals surface area contributed by atoms with Crippen LogP contribution in [0.4, 0.5) is 10.5 Å². The van der Waals surface area contributed by atoms with Crippen molar-refractivity contribution in [2.24, 2.45) is 5.73 Å². The Labute approximate surface area is 114 Å². The lowest BCUT2D eigenvalue weighted by Crippen LogP contribution is -2.53. The lowest BCUT2D eigenvalue weighted by Gasteiger charge is -2.38. The molecule has 2 rings (SSSR count). The predicted molar refractivity (Wildman–Crippen MR) is 77.0 cm³/mol. The fourth-order valence-corrected chi connectivity index (χ4v) is 2.36. The summed E-state index contributed by atoms with van der Waals surface area (Å²) >= 11 is 0. The van der Waals surface area contributed by atoms with Crippen molar-refractivity contribution in [2.45, 2.75) is 19.5 Å². The topological polar surface area (TPSA) is 61.6 Å². The zero-order valence-corrected chi connectivity index (χ0v) is 11.6. The molecule has 2 amide bonds. The molecule has 1 aromatic carbocycles. The van der Waals surface area contributed by atoms with Gasteiger partial charge in [-0.3, -0.25) is 0 Å². The van der Waals surface area contributed by atoms with Crippen molar-refractivity contribution in [3.63, 3.8) is 0 Å². The van der Waals surface area contributed by atoms with Crippen LogP contribution in [0.3, 0.4) is 0 Å². The molecule has 3 N–H and O–H groups in total. The van der Waals surface area contributed by atoms with E-state index in [-0.39, 0.29) is 12.1 Å². The number of urea groups is 1. The van der Waals surface area contributed by atoms with E-state index in [2.05, 4.69) is 24.2 Å². The lowest BCUT2D eigenvalue weighted by atomic mass is 10.2. The molecule has 1 aliphatic rings. The van der Waals surface area contributed by atoms with E-state index in [1.165, 1.54) is 0 Å². The van der Waals surface area contributed by atoms with Crippen molar-refractivity contribution in [3.8, 4) is 0 Å². The summed E-state index contributed by atoms with van der Waals surface area (Å²) in [5.41, 5.74) is 7.42. The summed E-state index contributed by atoms with van der Waals surface area (Å²) in [6.07, 6.45) is 0. The summed E-state index contributed by atoms with van der Waals surface area (Å²) in [6, 6.07) is 7.86. The number of nitrogens with one attached hydrogen (secondary N) is 1. The predicted octanol–water partition coefficient (Wildman–Crippen LogP) is 1.31. The largest absolute Gasteiger partial charge is 0.326 e. The van der Waals surface area contributed by atoms with Crippen LogP contribution in [0.2, 0.25) is 0 Å². The second kappa shape index (κ2) is 6.04. The molecule has 0 bridgehead atoms. The number of carbonyl (C=O) groups excluding carboxylic acids is 1.